The molecule has 0 aliphatic heterocycles. The minimum Gasteiger partial charge on any atom is -0.456 e. The Hall–Kier alpha value is -7.20. The molecule has 0 N–H and O–H groups in total. The van der Waals surface area contributed by atoms with Crippen LogP contribution in [0.15, 0.2) is 217 Å². The topological polar surface area (TPSA) is 16.4 Å². The molecule has 0 aliphatic carbocycles. The first kappa shape index (κ1) is 33.2. The summed E-state index contributed by atoms with van der Waals surface area (Å²) in [6.07, 6.45) is 0. The summed E-state index contributed by atoms with van der Waals surface area (Å²) in [7, 11) is 0. The number of hydrogen-bond acceptors (Lipinski definition) is 3. The van der Waals surface area contributed by atoms with Gasteiger partial charge in [0, 0.05) is 53.6 Å². The summed E-state index contributed by atoms with van der Waals surface area (Å²) in [5, 5.41) is 4.88. The van der Waals surface area contributed by atoms with Gasteiger partial charge >= 0.3 is 0 Å². The zero-order valence-electron chi connectivity index (χ0n) is 31.0. The number of furan rings is 1. The van der Waals surface area contributed by atoms with E-state index in [1.807, 2.05) is 11.3 Å². The summed E-state index contributed by atoms with van der Waals surface area (Å²) in [5.74, 6) is 0. The van der Waals surface area contributed by atoms with Crippen molar-refractivity contribution in [1.29, 1.82) is 0 Å². The van der Waals surface area contributed by atoms with Gasteiger partial charge in [0.15, 0.2) is 0 Å². The van der Waals surface area contributed by atoms with Gasteiger partial charge < -0.3 is 9.32 Å². The number of nitrogens with zero attached hydrogens (tertiary/aromatic N) is 1. The maximum Gasteiger partial charge on any atom is 0.136 e. The van der Waals surface area contributed by atoms with E-state index in [1.165, 1.54) is 64.5 Å². The Labute approximate surface area is 335 Å². The van der Waals surface area contributed by atoms with Crippen LogP contribution in [-0.4, -0.2) is 0 Å². The lowest BCUT2D eigenvalue weighted by atomic mass is 9.90. The zero-order chi connectivity index (χ0) is 37.7. The molecule has 11 aromatic rings. The van der Waals surface area contributed by atoms with Crippen LogP contribution in [0.4, 0.5) is 17.1 Å². The van der Waals surface area contributed by atoms with Crippen LogP contribution in [0.1, 0.15) is 0 Å². The zero-order valence-corrected chi connectivity index (χ0v) is 31.8. The highest BCUT2D eigenvalue weighted by molar-refractivity contribution is 7.26. The molecular formula is C54H35NOS. The summed E-state index contributed by atoms with van der Waals surface area (Å²) >= 11 is 1.84. The van der Waals surface area contributed by atoms with Gasteiger partial charge in [-0.05, 0) is 99.6 Å². The first-order chi connectivity index (χ1) is 28.3. The molecule has 0 saturated heterocycles. The predicted molar refractivity (Wildman–Crippen MR) is 243 cm³/mol. The molecule has 0 unspecified atom stereocenters. The molecule has 9 aromatic carbocycles. The van der Waals surface area contributed by atoms with Gasteiger partial charge in [0.05, 0.1) is 0 Å². The monoisotopic (exact) mass is 745 g/mol. The lowest BCUT2D eigenvalue weighted by molar-refractivity contribution is 0.669. The van der Waals surface area contributed by atoms with E-state index in [0.717, 1.165) is 39.2 Å². The van der Waals surface area contributed by atoms with Crippen LogP contribution in [0.2, 0.25) is 0 Å². The van der Waals surface area contributed by atoms with Gasteiger partial charge in [0.1, 0.15) is 11.2 Å². The molecule has 57 heavy (non-hydrogen) atoms. The van der Waals surface area contributed by atoms with Crippen molar-refractivity contribution in [2.24, 2.45) is 0 Å². The Kier molecular flexibility index (Phi) is 8.04. The molecule has 0 spiro atoms. The average Bonchev–Trinajstić information content (AvgIpc) is 3.86. The fourth-order valence-electron chi connectivity index (χ4n) is 8.42. The average molecular weight is 746 g/mol. The van der Waals surface area contributed by atoms with E-state index in [0.29, 0.717) is 0 Å². The largest absolute Gasteiger partial charge is 0.456 e. The number of anilines is 3. The third-order valence-electron chi connectivity index (χ3n) is 11.1. The Morgan fingerprint density at radius 2 is 0.772 bits per heavy atom. The molecule has 2 nitrogen and oxygen atoms in total. The minimum absolute atomic E-state index is 0.899. The van der Waals surface area contributed by atoms with E-state index in [9.17, 15) is 0 Å². The number of rotatable bonds is 7. The molecule has 0 fully saturated rings. The van der Waals surface area contributed by atoms with Crippen molar-refractivity contribution in [3.8, 4) is 44.5 Å². The van der Waals surface area contributed by atoms with Crippen LogP contribution in [0, 0.1) is 0 Å². The van der Waals surface area contributed by atoms with Gasteiger partial charge in [-0.3, -0.25) is 0 Å². The van der Waals surface area contributed by atoms with Crippen LogP contribution >= 0.6 is 11.3 Å². The summed E-state index contributed by atoms with van der Waals surface area (Å²) in [4.78, 5) is 2.34. The Morgan fingerprint density at radius 1 is 0.316 bits per heavy atom. The molecule has 2 heterocycles. The number of hydrogen-bond donors (Lipinski definition) is 0. The molecular weight excluding hydrogens is 711 g/mol. The quantitative estimate of drug-likeness (QED) is 0.162. The molecule has 0 saturated carbocycles. The summed E-state index contributed by atoms with van der Waals surface area (Å²) in [6, 6.07) is 76.2. The van der Waals surface area contributed by atoms with Gasteiger partial charge in [-0.15, -0.1) is 11.3 Å². The summed E-state index contributed by atoms with van der Waals surface area (Å²) in [5.41, 5.74) is 14.6. The van der Waals surface area contributed by atoms with Crippen molar-refractivity contribution in [1.82, 2.24) is 0 Å². The lowest BCUT2D eigenvalue weighted by Gasteiger charge is -2.26. The van der Waals surface area contributed by atoms with Gasteiger partial charge in [-0.2, -0.15) is 0 Å². The van der Waals surface area contributed by atoms with Crippen molar-refractivity contribution < 1.29 is 4.42 Å². The highest BCUT2D eigenvalue weighted by Gasteiger charge is 2.22. The predicted octanol–water partition coefficient (Wildman–Crippen LogP) is 16.1. The number of benzene rings is 9. The standard InChI is InChI=1S/C54H35NOS/c1-4-12-36(13-5-1)38-20-26-42(27-21-38)55(43-28-22-39(23-29-43)37-14-6-2-7-15-37)44-30-24-40(25-31-44)45-32-33-47-53(51(45)41-16-8-3-9-17-41)54-48(56-47)34-35-50-52(54)46-18-10-11-19-49(46)57-50/h1-35H. The number of thiophene rings is 1. The second kappa shape index (κ2) is 13.8. The molecule has 0 atom stereocenters. The van der Waals surface area contributed by atoms with E-state index in [2.05, 4.69) is 217 Å². The first-order valence-electron chi connectivity index (χ1n) is 19.3. The Bertz CT molecular complexity index is 3100. The third kappa shape index (κ3) is 5.80. The van der Waals surface area contributed by atoms with Crippen LogP contribution < -0.4 is 4.90 Å². The van der Waals surface area contributed by atoms with E-state index in [-0.39, 0.29) is 0 Å². The highest BCUT2D eigenvalue weighted by Crippen LogP contribution is 2.48. The van der Waals surface area contributed by atoms with Crippen molar-refractivity contribution in [3.63, 3.8) is 0 Å². The summed E-state index contributed by atoms with van der Waals surface area (Å²) < 4.78 is 9.21. The van der Waals surface area contributed by atoms with Gasteiger partial charge in [-0.25, -0.2) is 0 Å². The smallest absolute Gasteiger partial charge is 0.136 e. The van der Waals surface area contributed by atoms with Crippen LogP contribution in [0.3, 0.4) is 0 Å². The molecule has 0 radical (unpaired) electrons. The van der Waals surface area contributed by atoms with E-state index < -0.39 is 0 Å². The van der Waals surface area contributed by atoms with Crippen molar-refractivity contribution in [3.05, 3.63) is 212 Å². The Balaban J connectivity index is 1.07. The molecule has 3 heteroatoms. The number of fused-ring (bicyclic) bond motifs is 7. The Morgan fingerprint density at radius 3 is 1.35 bits per heavy atom. The fourth-order valence-corrected chi connectivity index (χ4v) is 9.53. The molecule has 0 bridgehead atoms. The second-order valence-electron chi connectivity index (χ2n) is 14.4. The SMILES string of the molecule is c1ccc(-c2ccc(N(c3ccc(-c4ccccc4)cc3)c3ccc(-c4ccc5oc6ccc7sc8ccccc8c7c6c5c4-c4ccccc4)cc3)cc2)cc1. The second-order valence-corrected chi connectivity index (χ2v) is 15.5. The van der Waals surface area contributed by atoms with Crippen molar-refractivity contribution in [2.45, 2.75) is 0 Å². The van der Waals surface area contributed by atoms with E-state index in [1.54, 1.807) is 0 Å². The third-order valence-corrected chi connectivity index (χ3v) is 12.2. The van der Waals surface area contributed by atoms with Gasteiger partial charge in [0.25, 0.3) is 0 Å². The first-order valence-corrected chi connectivity index (χ1v) is 20.1. The lowest BCUT2D eigenvalue weighted by Crippen LogP contribution is -2.09. The molecule has 2 aromatic heterocycles. The maximum absolute atomic E-state index is 6.65. The van der Waals surface area contributed by atoms with Crippen LogP contribution in [-0.2, 0) is 0 Å². The molecule has 0 aliphatic rings. The van der Waals surface area contributed by atoms with Crippen molar-refractivity contribution >= 4 is 70.5 Å². The van der Waals surface area contributed by atoms with Gasteiger partial charge in [0.2, 0.25) is 0 Å². The highest BCUT2D eigenvalue weighted by atomic mass is 32.1. The van der Waals surface area contributed by atoms with Crippen molar-refractivity contribution in [2.75, 3.05) is 4.90 Å². The van der Waals surface area contributed by atoms with Crippen LogP contribution in [0.5, 0.6) is 0 Å². The van der Waals surface area contributed by atoms with Crippen LogP contribution in [0.25, 0.3) is 86.6 Å². The minimum atomic E-state index is 0.899. The maximum atomic E-state index is 6.65. The molecule has 268 valence electrons. The molecule has 11 rings (SSSR count). The van der Waals surface area contributed by atoms with E-state index in [4.69, 9.17) is 4.42 Å². The van der Waals surface area contributed by atoms with E-state index >= 15 is 0 Å². The molecule has 0 amide bonds. The van der Waals surface area contributed by atoms with Gasteiger partial charge in [-0.1, -0.05) is 152 Å². The fraction of sp³-hybridized carbons (Fsp3) is 0. The summed E-state index contributed by atoms with van der Waals surface area (Å²) in [6.45, 7) is 0. The normalized spacial score (nSPS) is 11.5.